The molecule has 2 heteroatoms. The van der Waals surface area contributed by atoms with E-state index in [0.29, 0.717) is 6.42 Å². The third-order valence-corrected chi connectivity index (χ3v) is 0.744. The monoisotopic (exact) mass is 120 g/mol. The Balaban J connectivity index is 2.97. The minimum Gasteiger partial charge on any atom is -0.393 e. The number of hydrogen-bond acceptors (Lipinski definition) is 1. The van der Waals surface area contributed by atoms with Crippen molar-refractivity contribution in [3.05, 3.63) is 11.6 Å². The molecule has 0 saturated heterocycles. The van der Waals surface area contributed by atoms with Crippen LogP contribution < -0.4 is 0 Å². The van der Waals surface area contributed by atoms with E-state index in [1.165, 1.54) is 5.54 Å². The normalized spacial score (nSPS) is 15.3. The predicted molar refractivity (Wildman–Crippen MR) is 31.3 cm³/mol. The predicted octanol–water partition coefficient (Wildman–Crippen LogP) is 1.51. The van der Waals surface area contributed by atoms with Gasteiger partial charge < -0.3 is 5.11 Å². The summed E-state index contributed by atoms with van der Waals surface area (Å²) in [6.07, 6.45) is 2.09. The SMILES string of the molecule is CC(O)CC=CCl. The van der Waals surface area contributed by atoms with Crippen molar-refractivity contribution < 1.29 is 5.11 Å². The van der Waals surface area contributed by atoms with Crippen molar-refractivity contribution in [2.75, 3.05) is 0 Å². The van der Waals surface area contributed by atoms with Gasteiger partial charge in [-0.1, -0.05) is 17.7 Å². The van der Waals surface area contributed by atoms with E-state index in [9.17, 15) is 0 Å². The lowest BCUT2D eigenvalue weighted by Gasteiger charge is -1.93. The average molecular weight is 121 g/mol. The zero-order chi connectivity index (χ0) is 5.70. The van der Waals surface area contributed by atoms with Crippen LogP contribution in [0.15, 0.2) is 11.6 Å². The molecule has 0 aromatic rings. The van der Waals surface area contributed by atoms with Crippen LogP contribution in [0.3, 0.4) is 0 Å². The molecule has 0 aliphatic carbocycles. The summed E-state index contributed by atoms with van der Waals surface area (Å²) in [5.74, 6) is 0. The third-order valence-electron chi connectivity index (χ3n) is 0.566. The van der Waals surface area contributed by atoms with Gasteiger partial charge in [-0.3, -0.25) is 0 Å². The van der Waals surface area contributed by atoms with E-state index >= 15 is 0 Å². The first-order valence-electron chi connectivity index (χ1n) is 2.20. The van der Waals surface area contributed by atoms with Crippen LogP contribution in [0.2, 0.25) is 0 Å². The van der Waals surface area contributed by atoms with E-state index < -0.39 is 0 Å². The first-order chi connectivity index (χ1) is 3.27. The third kappa shape index (κ3) is 5.99. The van der Waals surface area contributed by atoms with E-state index in [1.807, 2.05) is 0 Å². The molecule has 0 radical (unpaired) electrons. The molecule has 7 heavy (non-hydrogen) atoms. The number of halogens is 1. The van der Waals surface area contributed by atoms with Gasteiger partial charge in [0.05, 0.1) is 6.10 Å². The second-order valence-corrected chi connectivity index (χ2v) is 1.70. The summed E-state index contributed by atoms with van der Waals surface area (Å²) >= 11 is 5.15. The van der Waals surface area contributed by atoms with Crippen molar-refractivity contribution in [1.82, 2.24) is 0 Å². The second kappa shape index (κ2) is 4.16. The van der Waals surface area contributed by atoms with E-state index in [-0.39, 0.29) is 6.10 Å². The molecule has 1 nitrogen and oxygen atoms in total. The van der Waals surface area contributed by atoms with Gasteiger partial charge in [0.1, 0.15) is 0 Å². The summed E-state index contributed by atoms with van der Waals surface area (Å²) in [6.45, 7) is 1.72. The topological polar surface area (TPSA) is 20.2 Å². The van der Waals surface area contributed by atoms with Crippen molar-refractivity contribution in [3.63, 3.8) is 0 Å². The van der Waals surface area contributed by atoms with Crippen LogP contribution >= 0.6 is 11.6 Å². The van der Waals surface area contributed by atoms with Crippen LogP contribution in [0.25, 0.3) is 0 Å². The lowest BCUT2D eigenvalue weighted by atomic mass is 10.3. The Morgan fingerprint density at radius 3 is 2.57 bits per heavy atom. The maximum absolute atomic E-state index is 8.57. The minimum atomic E-state index is -0.269. The number of aliphatic hydroxyl groups excluding tert-OH is 1. The quantitative estimate of drug-likeness (QED) is 0.586. The fourth-order valence-electron chi connectivity index (χ4n) is 0.248. The number of rotatable bonds is 2. The molecule has 0 spiro atoms. The van der Waals surface area contributed by atoms with Crippen molar-refractivity contribution in [2.45, 2.75) is 19.4 Å². The van der Waals surface area contributed by atoms with Crippen molar-refractivity contribution in [2.24, 2.45) is 0 Å². The fourth-order valence-corrected chi connectivity index (χ4v) is 0.351. The Labute approximate surface area is 48.6 Å². The van der Waals surface area contributed by atoms with Gasteiger partial charge in [-0.05, 0) is 13.3 Å². The highest BCUT2D eigenvalue weighted by molar-refractivity contribution is 6.25. The molecule has 1 atom stereocenters. The van der Waals surface area contributed by atoms with Gasteiger partial charge in [-0.15, -0.1) is 0 Å². The van der Waals surface area contributed by atoms with Crippen molar-refractivity contribution in [1.29, 1.82) is 0 Å². The standard InChI is InChI=1S/C5H9ClO/c1-5(7)3-2-4-6/h2,4-5,7H,3H2,1H3. The molecule has 0 aliphatic rings. The molecule has 0 fully saturated rings. The Hall–Kier alpha value is -0.0100. The van der Waals surface area contributed by atoms with Gasteiger partial charge in [0, 0.05) is 5.54 Å². The lowest BCUT2D eigenvalue weighted by Crippen LogP contribution is -1.94. The fraction of sp³-hybridized carbons (Fsp3) is 0.600. The molecule has 42 valence electrons. The first-order valence-corrected chi connectivity index (χ1v) is 2.64. The first kappa shape index (κ1) is 6.99. The molecule has 0 heterocycles. The zero-order valence-electron chi connectivity index (χ0n) is 4.26. The Morgan fingerprint density at radius 1 is 1.86 bits per heavy atom. The molecular formula is C5H9ClO. The largest absolute Gasteiger partial charge is 0.393 e. The lowest BCUT2D eigenvalue weighted by molar-refractivity contribution is 0.198. The van der Waals surface area contributed by atoms with Crippen LogP contribution in [-0.4, -0.2) is 11.2 Å². The molecule has 0 aromatic carbocycles. The van der Waals surface area contributed by atoms with Crippen LogP contribution in [0.4, 0.5) is 0 Å². The highest BCUT2D eigenvalue weighted by atomic mass is 35.5. The highest BCUT2D eigenvalue weighted by Crippen LogP contribution is 1.90. The average Bonchev–Trinajstić information content (AvgIpc) is 1.61. The molecule has 1 N–H and O–H groups in total. The summed E-state index contributed by atoms with van der Waals surface area (Å²) < 4.78 is 0. The molecule has 0 rings (SSSR count). The number of hydrogen-bond donors (Lipinski definition) is 1. The molecule has 0 bridgehead atoms. The van der Waals surface area contributed by atoms with Gasteiger partial charge >= 0.3 is 0 Å². The summed E-state index contributed by atoms with van der Waals surface area (Å²) in [4.78, 5) is 0. The molecule has 0 saturated carbocycles. The maximum atomic E-state index is 8.57. The molecule has 1 unspecified atom stereocenters. The molecule has 0 amide bonds. The van der Waals surface area contributed by atoms with Gasteiger partial charge in [0.15, 0.2) is 0 Å². The van der Waals surface area contributed by atoms with Crippen LogP contribution in [0, 0.1) is 0 Å². The summed E-state index contributed by atoms with van der Waals surface area (Å²) in [5.41, 5.74) is 1.41. The Bertz CT molecular complexity index is 59.1. The second-order valence-electron chi connectivity index (χ2n) is 1.45. The smallest absolute Gasteiger partial charge is 0.0546 e. The summed E-state index contributed by atoms with van der Waals surface area (Å²) in [7, 11) is 0. The highest BCUT2D eigenvalue weighted by Gasteiger charge is 1.85. The molecule has 0 aromatic heterocycles. The maximum Gasteiger partial charge on any atom is 0.0546 e. The van der Waals surface area contributed by atoms with Gasteiger partial charge in [-0.25, -0.2) is 0 Å². The van der Waals surface area contributed by atoms with Gasteiger partial charge in [-0.2, -0.15) is 0 Å². The van der Waals surface area contributed by atoms with Gasteiger partial charge in [0.25, 0.3) is 0 Å². The van der Waals surface area contributed by atoms with Crippen molar-refractivity contribution in [3.8, 4) is 0 Å². The van der Waals surface area contributed by atoms with Crippen molar-refractivity contribution >= 4 is 11.6 Å². The van der Waals surface area contributed by atoms with E-state index in [1.54, 1.807) is 13.0 Å². The van der Waals surface area contributed by atoms with Crippen LogP contribution in [0.5, 0.6) is 0 Å². The minimum absolute atomic E-state index is 0.269. The zero-order valence-corrected chi connectivity index (χ0v) is 5.02. The Morgan fingerprint density at radius 2 is 2.43 bits per heavy atom. The van der Waals surface area contributed by atoms with Crippen LogP contribution in [0.1, 0.15) is 13.3 Å². The van der Waals surface area contributed by atoms with E-state index in [4.69, 9.17) is 16.7 Å². The number of aliphatic hydroxyl groups is 1. The summed E-state index contributed by atoms with van der Waals surface area (Å²) in [5, 5.41) is 8.57. The Kier molecular flexibility index (Phi) is 4.15. The van der Waals surface area contributed by atoms with Crippen LogP contribution in [-0.2, 0) is 0 Å². The van der Waals surface area contributed by atoms with Gasteiger partial charge in [0.2, 0.25) is 0 Å². The summed E-state index contributed by atoms with van der Waals surface area (Å²) in [6, 6.07) is 0. The molecular weight excluding hydrogens is 112 g/mol. The van der Waals surface area contributed by atoms with E-state index in [2.05, 4.69) is 0 Å². The molecule has 0 aliphatic heterocycles. The van der Waals surface area contributed by atoms with E-state index in [0.717, 1.165) is 0 Å².